The predicted molar refractivity (Wildman–Crippen MR) is 79.5 cm³/mol. The van der Waals surface area contributed by atoms with Crippen LogP contribution >= 0.6 is 11.6 Å². The number of ether oxygens (including phenoxy) is 1. The van der Waals surface area contributed by atoms with Gasteiger partial charge < -0.3 is 4.74 Å². The summed E-state index contributed by atoms with van der Waals surface area (Å²) in [5, 5.41) is 0.454. The highest BCUT2D eigenvalue weighted by molar-refractivity contribution is 6.30. The number of aromatic nitrogens is 3. The SMILES string of the molecule is CCCc1c(Cl)ncnc1Oc1ccc(C)nc1CC. The molecule has 2 aromatic heterocycles. The molecule has 0 radical (unpaired) electrons. The molecular formula is C15H18ClN3O. The van der Waals surface area contributed by atoms with Crippen molar-refractivity contribution in [2.75, 3.05) is 0 Å². The highest BCUT2D eigenvalue weighted by atomic mass is 35.5. The molecule has 0 aliphatic rings. The molecule has 5 heteroatoms. The van der Waals surface area contributed by atoms with Crippen LogP contribution in [0.15, 0.2) is 18.5 Å². The number of nitrogens with zero attached hydrogens (tertiary/aromatic N) is 3. The van der Waals surface area contributed by atoms with Gasteiger partial charge in [-0.25, -0.2) is 9.97 Å². The molecule has 0 aliphatic heterocycles. The summed E-state index contributed by atoms with van der Waals surface area (Å²) in [4.78, 5) is 12.7. The van der Waals surface area contributed by atoms with Crippen LogP contribution in [0.5, 0.6) is 11.6 Å². The van der Waals surface area contributed by atoms with Crippen molar-refractivity contribution in [1.29, 1.82) is 0 Å². The van der Waals surface area contributed by atoms with E-state index in [0.29, 0.717) is 11.0 Å². The van der Waals surface area contributed by atoms with E-state index >= 15 is 0 Å². The van der Waals surface area contributed by atoms with Gasteiger partial charge in [0.25, 0.3) is 0 Å². The fraction of sp³-hybridized carbons (Fsp3) is 0.400. The molecule has 0 fully saturated rings. The highest BCUT2D eigenvalue weighted by Crippen LogP contribution is 2.29. The van der Waals surface area contributed by atoms with Gasteiger partial charge >= 0.3 is 0 Å². The van der Waals surface area contributed by atoms with Crippen LogP contribution in [0.4, 0.5) is 0 Å². The summed E-state index contributed by atoms with van der Waals surface area (Å²) < 4.78 is 5.92. The lowest BCUT2D eigenvalue weighted by molar-refractivity contribution is 0.445. The number of hydrogen-bond donors (Lipinski definition) is 0. The van der Waals surface area contributed by atoms with Gasteiger partial charge in [-0.05, 0) is 31.9 Å². The van der Waals surface area contributed by atoms with Gasteiger partial charge in [0, 0.05) is 5.69 Å². The van der Waals surface area contributed by atoms with Crippen molar-refractivity contribution < 1.29 is 4.74 Å². The molecule has 0 aromatic carbocycles. The quantitative estimate of drug-likeness (QED) is 0.777. The Bertz CT molecular complexity index is 602. The second-order valence-corrected chi connectivity index (χ2v) is 4.91. The van der Waals surface area contributed by atoms with E-state index in [1.54, 1.807) is 0 Å². The first-order valence-electron chi connectivity index (χ1n) is 6.79. The van der Waals surface area contributed by atoms with Crippen LogP contribution in [0, 0.1) is 6.92 Å². The first-order valence-corrected chi connectivity index (χ1v) is 7.17. The van der Waals surface area contributed by atoms with Crippen molar-refractivity contribution in [3.05, 3.63) is 40.6 Å². The minimum absolute atomic E-state index is 0.454. The maximum Gasteiger partial charge on any atom is 0.227 e. The van der Waals surface area contributed by atoms with E-state index in [9.17, 15) is 0 Å². The van der Waals surface area contributed by atoms with Gasteiger partial charge in [-0.2, -0.15) is 0 Å². The summed E-state index contributed by atoms with van der Waals surface area (Å²) in [7, 11) is 0. The van der Waals surface area contributed by atoms with Crippen LogP contribution in [-0.4, -0.2) is 15.0 Å². The van der Waals surface area contributed by atoms with Gasteiger partial charge in [0.2, 0.25) is 5.88 Å². The summed E-state index contributed by atoms with van der Waals surface area (Å²) in [6.45, 7) is 6.10. The second kappa shape index (κ2) is 6.66. The van der Waals surface area contributed by atoms with Crippen molar-refractivity contribution in [3.8, 4) is 11.6 Å². The van der Waals surface area contributed by atoms with Crippen LogP contribution in [0.2, 0.25) is 5.15 Å². The summed E-state index contributed by atoms with van der Waals surface area (Å²) in [5.74, 6) is 1.25. The minimum Gasteiger partial charge on any atom is -0.437 e. The first kappa shape index (κ1) is 14.7. The molecule has 2 heterocycles. The van der Waals surface area contributed by atoms with Crippen LogP contribution in [-0.2, 0) is 12.8 Å². The lowest BCUT2D eigenvalue weighted by Crippen LogP contribution is -2.01. The Balaban J connectivity index is 2.37. The van der Waals surface area contributed by atoms with Gasteiger partial charge in [0.15, 0.2) is 5.75 Å². The van der Waals surface area contributed by atoms with Crippen LogP contribution in [0.1, 0.15) is 37.2 Å². The van der Waals surface area contributed by atoms with Gasteiger partial charge in [-0.15, -0.1) is 0 Å². The maximum absolute atomic E-state index is 6.13. The third-order valence-corrected chi connectivity index (χ3v) is 3.29. The summed E-state index contributed by atoms with van der Waals surface area (Å²) in [6.07, 6.45) is 3.97. The molecular weight excluding hydrogens is 274 g/mol. The van der Waals surface area contributed by atoms with Gasteiger partial charge in [-0.1, -0.05) is 31.9 Å². The predicted octanol–water partition coefficient (Wildman–Crippen LogP) is 4.14. The van der Waals surface area contributed by atoms with Crippen molar-refractivity contribution in [1.82, 2.24) is 15.0 Å². The Morgan fingerprint density at radius 1 is 1.20 bits per heavy atom. The summed E-state index contributed by atoms with van der Waals surface area (Å²) >= 11 is 6.13. The Labute approximate surface area is 124 Å². The Morgan fingerprint density at radius 3 is 2.70 bits per heavy atom. The molecule has 0 saturated carbocycles. The fourth-order valence-electron chi connectivity index (χ4n) is 1.97. The Kier molecular flexibility index (Phi) is 4.90. The Hall–Kier alpha value is -1.68. The van der Waals surface area contributed by atoms with Crippen molar-refractivity contribution >= 4 is 11.6 Å². The number of halogens is 1. The van der Waals surface area contributed by atoms with Crippen LogP contribution < -0.4 is 4.74 Å². The second-order valence-electron chi connectivity index (χ2n) is 4.55. The molecule has 106 valence electrons. The zero-order valence-electron chi connectivity index (χ0n) is 12.0. The molecule has 2 aromatic rings. The van der Waals surface area contributed by atoms with Crippen LogP contribution in [0.25, 0.3) is 0 Å². The van der Waals surface area contributed by atoms with Gasteiger partial charge in [0.05, 0.1) is 11.3 Å². The van der Waals surface area contributed by atoms with E-state index < -0.39 is 0 Å². The zero-order valence-corrected chi connectivity index (χ0v) is 12.7. The maximum atomic E-state index is 6.13. The third-order valence-electron chi connectivity index (χ3n) is 2.97. The highest BCUT2D eigenvalue weighted by Gasteiger charge is 2.13. The molecule has 0 unspecified atom stereocenters. The first-order chi connectivity index (χ1) is 9.65. The number of aryl methyl sites for hydroxylation is 2. The largest absolute Gasteiger partial charge is 0.437 e. The average Bonchev–Trinajstić information content (AvgIpc) is 2.44. The lowest BCUT2D eigenvalue weighted by Gasteiger charge is -2.12. The molecule has 20 heavy (non-hydrogen) atoms. The number of pyridine rings is 1. The number of rotatable bonds is 5. The molecule has 0 saturated heterocycles. The van der Waals surface area contributed by atoms with Crippen molar-refractivity contribution in [2.45, 2.75) is 40.0 Å². The molecule has 0 N–H and O–H groups in total. The van der Waals surface area contributed by atoms with Gasteiger partial charge in [-0.3, -0.25) is 4.98 Å². The summed E-state index contributed by atoms with van der Waals surface area (Å²) in [5.41, 5.74) is 2.74. The normalized spacial score (nSPS) is 10.6. The smallest absolute Gasteiger partial charge is 0.227 e. The molecule has 2 rings (SSSR count). The topological polar surface area (TPSA) is 47.9 Å². The molecule has 0 bridgehead atoms. The van der Waals surface area contributed by atoms with E-state index in [4.69, 9.17) is 16.3 Å². The number of hydrogen-bond acceptors (Lipinski definition) is 4. The summed E-state index contributed by atoms with van der Waals surface area (Å²) in [6, 6.07) is 3.85. The molecule has 0 amide bonds. The standard InChI is InChI=1S/C15H18ClN3O/c1-4-6-11-14(16)17-9-18-15(11)20-13-8-7-10(3)19-12(13)5-2/h7-9H,4-6H2,1-3H3. The molecule has 4 nitrogen and oxygen atoms in total. The van der Waals surface area contributed by atoms with Crippen molar-refractivity contribution in [3.63, 3.8) is 0 Å². The molecule has 0 atom stereocenters. The van der Waals surface area contributed by atoms with Crippen molar-refractivity contribution in [2.24, 2.45) is 0 Å². The van der Waals surface area contributed by atoms with E-state index in [0.717, 1.165) is 42.0 Å². The lowest BCUT2D eigenvalue weighted by atomic mass is 10.2. The third kappa shape index (κ3) is 3.25. The average molecular weight is 292 g/mol. The van der Waals surface area contributed by atoms with Crippen LogP contribution in [0.3, 0.4) is 0 Å². The Morgan fingerprint density at radius 2 is 2.00 bits per heavy atom. The van der Waals surface area contributed by atoms with E-state index in [-0.39, 0.29) is 0 Å². The van der Waals surface area contributed by atoms with E-state index in [1.165, 1.54) is 6.33 Å². The monoisotopic (exact) mass is 291 g/mol. The zero-order chi connectivity index (χ0) is 14.5. The van der Waals surface area contributed by atoms with E-state index in [1.807, 2.05) is 19.1 Å². The van der Waals surface area contributed by atoms with E-state index in [2.05, 4.69) is 28.8 Å². The molecule has 0 spiro atoms. The van der Waals surface area contributed by atoms with Gasteiger partial charge in [0.1, 0.15) is 11.5 Å². The minimum atomic E-state index is 0.454. The molecule has 0 aliphatic carbocycles. The fourth-order valence-corrected chi connectivity index (χ4v) is 2.19.